The van der Waals surface area contributed by atoms with Crippen LogP contribution in [0.2, 0.25) is 0 Å². The van der Waals surface area contributed by atoms with E-state index >= 15 is 0 Å². The average molecular weight is 199 g/mol. The molecule has 1 heterocycles. The second-order valence-electron chi connectivity index (χ2n) is 3.72. The molecule has 0 radical (unpaired) electrons. The van der Waals surface area contributed by atoms with E-state index in [1.165, 1.54) is 0 Å². The van der Waals surface area contributed by atoms with Gasteiger partial charge in [0.2, 0.25) is 0 Å². The Labute approximate surface area is 83.8 Å². The lowest BCUT2D eigenvalue weighted by molar-refractivity contribution is -0.132. The summed E-state index contributed by atoms with van der Waals surface area (Å²) in [6, 6.07) is 0. The zero-order valence-electron chi connectivity index (χ0n) is 8.44. The van der Waals surface area contributed by atoms with Crippen molar-refractivity contribution in [3.8, 4) is 0 Å². The van der Waals surface area contributed by atoms with Crippen LogP contribution in [0, 0.1) is 0 Å². The molecule has 0 saturated carbocycles. The predicted molar refractivity (Wildman–Crippen MR) is 53.1 cm³/mol. The van der Waals surface area contributed by atoms with E-state index in [0.717, 1.165) is 25.9 Å². The SMILES string of the molecule is CC(=CCN1CCC(O)CC1)C(=O)O. The van der Waals surface area contributed by atoms with Gasteiger partial charge in [-0.15, -0.1) is 0 Å². The Kier molecular flexibility index (Phi) is 4.10. The van der Waals surface area contributed by atoms with Gasteiger partial charge in [0.1, 0.15) is 0 Å². The highest BCUT2D eigenvalue weighted by Crippen LogP contribution is 2.09. The maximum absolute atomic E-state index is 10.5. The largest absolute Gasteiger partial charge is 0.478 e. The van der Waals surface area contributed by atoms with Crippen LogP contribution in [0.4, 0.5) is 0 Å². The van der Waals surface area contributed by atoms with Crippen molar-refractivity contribution >= 4 is 5.97 Å². The number of carboxylic acids is 1. The van der Waals surface area contributed by atoms with E-state index in [-0.39, 0.29) is 6.10 Å². The van der Waals surface area contributed by atoms with Crippen LogP contribution in [0.5, 0.6) is 0 Å². The molecule has 0 aromatic heterocycles. The summed E-state index contributed by atoms with van der Waals surface area (Å²) in [5, 5.41) is 17.9. The van der Waals surface area contributed by atoms with Gasteiger partial charge in [-0.25, -0.2) is 4.79 Å². The van der Waals surface area contributed by atoms with Crippen LogP contribution < -0.4 is 0 Å². The molecule has 2 N–H and O–H groups in total. The molecule has 0 aromatic rings. The van der Waals surface area contributed by atoms with Crippen molar-refractivity contribution in [1.82, 2.24) is 4.90 Å². The Balaban J connectivity index is 2.32. The molecule has 1 aliphatic heterocycles. The van der Waals surface area contributed by atoms with Crippen molar-refractivity contribution in [3.05, 3.63) is 11.6 Å². The fourth-order valence-corrected chi connectivity index (χ4v) is 1.46. The minimum atomic E-state index is -0.859. The second kappa shape index (κ2) is 5.12. The number of aliphatic carboxylic acids is 1. The average Bonchev–Trinajstić information content (AvgIpc) is 2.16. The maximum Gasteiger partial charge on any atom is 0.330 e. The Morgan fingerprint density at radius 2 is 2.07 bits per heavy atom. The molecule has 1 rings (SSSR count). The van der Waals surface area contributed by atoms with Crippen molar-refractivity contribution < 1.29 is 15.0 Å². The number of hydrogen-bond acceptors (Lipinski definition) is 3. The van der Waals surface area contributed by atoms with Crippen molar-refractivity contribution in [1.29, 1.82) is 0 Å². The first-order valence-electron chi connectivity index (χ1n) is 4.90. The molecule has 1 fully saturated rings. The summed E-state index contributed by atoms with van der Waals surface area (Å²) >= 11 is 0. The summed E-state index contributed by atoms with van der Waals surface area (Å²) in [6.07, 6.45) is 3.13. The molecule has 4 nitrogen and oxygen atoms in total. The van der Waals surface area contributed by atoms with E-state index in [1.807, 2.05) is 0 Å². The predicted octanol–water partition coefficient (Wildman–Crippen LogP) is 0.474. The lowest BCUT2D eigenvalue weighted by atomic mass is 10.1. The Hall–Kier alpha value is -0.870. The molecule has 1 aliphatic rings. The lowest BCUT2D eigenvalue weighted by Crippen LogP contribution is -2.36. The topological polar surface area (TPSA) is 60.8 Å². The number of piperidine rings is 1. The van der Waals surface area contributed by atoms with Crippen LogP contribution in [0.15, 0.2) is 11.6 Å². The Morgan fingerprint density at radius 1 is 1.50 bits per heavy atom. The van der Waals surface area contributed by atoms with Crippen molar-refractivity contribution in [2.75, 3.05) is 19.6 Å². The summed E-state index contributed by atoms with van der Waals surface area (Å²) in [5.41, 5.74) is 0.385. The van der Waals surface area contributed by atoms with Gasteiger partial charge in [-0.05, 0) is 19.8 Å². The fraction of sp³-hybridized carbons (Fsp3) is 0.700. The van der Waals surface area contributed by atoms with E-state index in [4.69, 9.17) is 5.11 Å². The number of rotatable bonds is 3. The van der Waals surface area contributed by atoms with Gasteiger partial charge in [0.15, 0.2) is 0 Å². The van der Waals surface area contributed by atoms with Gasteiger partial charge < -0.3 is 10.2 Å². The number of carbonyl (C=O) groups is 1. The zero-order valence-corrected chi connectivity index (χ0v) is 8.44. The van der Waals surface area contributed by atoms with E-state index in [2.05, 4.69) is 4.90 Å². The summed E-state index contributed by atoms with van der Waals surface area (Å²) in [5.74, 6) is -0.859. The van der Waals surface area contributed by atoms with E-state index in [1.54, 1.807) is 13.0 Å². The van der Waals surface area contributed by atoms with Gasteiger partial charge in [-0.1, -0.05) is 6.08 Å². The third-order valence-corrected chi connectivity index (χ3v) is 2.55. The summed E-state index contributed by atoms with van der Waals surface area (Å²) in [6.45, 7) is 3.97. The first-order chi connectivity index (χ1) is 6.59. The monoisotopic (exact) mass is 199 g/mol. The van der Waals surface area contributed by atoms with Gasteiger partial charge in [0.05, 0.1) is 6.10 Å². The molecule has 0 atom stereocenters. The minimum absolute atomic E-state index is 0.171. The van der Waals surface area contributed by atoms with Crippen LogP contribution in [-0.2, 0) is 4.79 Å². The fourth-order valence-electron chi connectivity index (χ4n) is 1.46. The molecule has 4 heteroatoms. The Bertz CT molecular complexity index is 230. The van der Waals surface area contributed by atoms with E-state index in [0.29, 0.717) is 12.1 Å². The molecule has 0 amide bonds. The van der Waals surface area contributed by atoms with Crippen LogP contribution >= 0.6 is 0 Å². The van der Waals surface area contributed by atoms with Gasteiger partial charge in [0, 0.05) is 25.2 Å². The third-order valence-electron chi connectivity index (χ3n) is 2.55. The minimum Gasteiger partial charge on any atom is -0.478 e. The quantitative estimate of drug-likeness (QED) is 0.649. The summed E-state index contributed by atoms with van der Waals surface area (Å²) < 4.78 is 0. The molecular formula is C10H17NO3. The molecule has 0 bridgehead atoms. The normalized spacial score (nSPS) is 21.1. The lowest BCUT2D eigenvalue weighted by Gasteiger charge is -2.28. The first-order valence-corrected chi connectivity index (χ1v) is 4.90. The van der Waals surface area contributed by atoms with Gasteiger partial charge in [-0.2, -0.15) is 0 Å². The number of aliphatic hydroxyl groups is 1. The molecule has 0 aromatic carbocycles. The smallest absolute Gasteiger partial charge is 0.330 e. The number of likely N-dealkylation sites (tertiary alicyclic amines) is 1. The van der Waals surface area contributed by atoms with E-state index in [9.17, 15) is 9.90 Å². The van der Waals surface area contributed by atoms with Crippen LogP contribution in [-0.4, -0.2) is 46.8 Å². The van der Waals surface area contributed by atoms with Crippen molar-refractivity contribution in [3.63, 3.8) is 0 Å². The number of aliphatic hydroxyl groups excluding tert-OH is 1. The molecule has 80 valence electrons. The number of nitrogens with zero attached hydrogens (tertiary/aromatic N) is 1. The Morgan fingerprint density at radius 3 is 2.57 bits per heavy atom. The molecule has 0 unspecified atom stereocenters. The number of hydrogen-bond donors (Lipinski definition) is 2. The standard InChI is InChI=1S/C10H17NO3/c1-8(10(13)14)2-5-11-6-3-9(12)4-7-11/h2,9,12H,3-7H2,1H3,(H,13,14). The summed E-state index contributed by atoms with van der Waals surface area (Å²) in [7, 11) is 0. The highest BCUT2D eigenvalue weighted by molar-refractivity contribution is 5.85. The molecule has 1 saturated heterocycles. The van der Waals surface area contributed by atoms with Gasteiger partial charge in [-0.3, -0.25) is 4.90 Å². The van der Waals surface area contributed by atoms with Crippen LogP contribution in [0.1, 0.15) is 19.8 Å². The number of carboxylic acid groups (broad SMARTS) is 1. The molecule has 0 spiro atoms. The zero-order chi connectivity index (χ0) is 10.6. The third kappa shape index (κ3) is 3.47. The maximum atomic E-state index is 10.5. The van der Waals surface area contributed by atoms with Crippen molar-refractivity contribution in [2.45, 2.75) is 25.9 Å². The second-order valence-corrected chi connectivity index (χ2v) is 3.72. The van der Waals surface area contributed by atoms with Gasteiger partial charge >= 0.3 is 5.97 Å². The highest BCUT2D eigenvalue weighted by atomic mass is 16.4. The first kappa shape index (κ1) is 11.2. The van der Waals surface area contributed by atoms with Crippen LogP contribution in [0.3, 0.4) is 0 Å². The molecular weight excluding hydrogens is 182 g/mol. The molecule has 14 heavy (non-hydrogen) atoms. The molecule has 0 aliphatic carbocycles. The highest BCUT2D eigenvalue weighted by Gasteiger charge is 2.15. The van der Waals surface area contributed by atoms with Crippen molar-refractivity contribution in [2.24, 2.45) is 0 Å². The van der Waals surface area contributed by atoms with Crippen LogP contribution in [0.25, 0.3) is 0 Å². The van der Waals surface area contributed by atoms with Gasteiger partial charge in [0.25, 0.3) is 0 Å². The summed E-state index contributed by atoms with van der Waals surface area (Å²) in [4.78, 5) is 12.6. The van der Waals surface area contributed by atoms with E-state index < -0.39 is 5.97 Å².